The number of hydrogen-bond acceptors (Lipinski definition) is 4. The van der Waals surface area contributed by atoms with E-state index >= 15 is 0 Å². The minimum absolute atomic E-state index is 0.267. The van der Waals surface area contributed by atoms with Gasteiger partial charge in [0.15, 0.2) is 17.4 Å². The van der Waals surface area contributed by atoms with Gasteiger partial charge in [0, 0.05) is 32.1 Å². The van der Waals surface area contributed by atoms with Crippen molar-refractivity contribution in [3.05, 3.63) is 24.1 Å². The van der Waals surface area contributed by atoms with Crippen molar-refractivity contribution >= 4 is 5.82 Å². The highest BCUT2D eigenvalue weighted by Crippen LogP contribution is 2.33. The van der Waals surface area contributed by atoms with Crippen LogP contribution in [0.3, 0.4) is 0 Å². The van der Waals surface area contributed by atoms with Crippen molar-refractivity contribution in [2.75, 3.05) is 31.2 Å². The van der Waals surface area contributed by atoms with E-state index in [0.29, 0.717) is 32.1 Å². The van der Waals surface area contributed by atoms with Crippen LogP contribution >= 0.6 is 0 Å². The highest BCUT2D eigenvalue weighted by atomic mass is 19.1. The second-order valence-electron chi connectivity index (χ2n) is 4.40. The SMILES string of the molecule is Fc1cccnc1N1CCC2(CC1)OCCO2. The first-order valence-corrected chi connectivity index (χ1v) is 5.92. The summed E-state index contributed by atoms with van der Waals surface area (Å²) in [4.78, 5) is 6.04. The molecule has 3 rings (SSSR count). The minimum Gasteiger partial charge on any atom is -0.354 e. The van der Waals surface area contributed by atoms with Crippen molar-refractivity contribution in [3.63, 3.8) is 0 Å². The Morgan fingerprint density at radius 1 is 1.24 bits per heavy atom. The molecule has 1 spiro atoms. The van der Waals surface area contributed by atoms with E-state index in [9.17, 15) is 4.39 Å². The van der Waals surface area contributed by atoms with Gasteiger partial charge in [-0.1, -0.05) is 0 Å². The molecule has 2 saturated heterocycles. The zero-order chi connectivity index (χ0) is 11.7. The maximum atomic E-state index is 13.6. The average Bonchev–Trinajstić information content (AvgIpc) is 2.80. The first-order chi connectivity index (χ1) is 8.29. The standard InChI is InChI=1S/C12H15FN2O2/c13-10-2-1-5-14-11(10)15-6-3-12(4-7-15)16-8-9-17-12/h1-2,5H,3-4,6-9H2. The molecule has 0 saturated carbocycles. The molecule has 1 aromatic rings. The van der Waals surface area contributed by atoms with Gasteiger partial charge in [-0.25, -0.2) is 9.37 Å². The van der Waals surface area contributed by atoms with Gasteiger partial charge in [-0.05, 0) is 12.1 Å². The molecule has 4 nitrogen and oxygen atoms in total. The Labute approximate surface area is 99.3 Å². The Morgan fingerprint density at radius 3 is 2.59 bits per heavy atom. The molecule has 0 aliphatic carbocycles. The monoisotopic (exact) mass is 238 g/mol. The molecule has 2 aliphatic rings. The number of pyridine rings is 1. The molecule has 0 N–H and O–H groups in total. The van der Waals surface area contributed by atoms with Crippen LogP contribution in [0.2, 0.25) is 0 Å². The lowest BCUT2D eigenvalue weighted by atomic mass is 10.0. The normalized spacial score (nSPS) is 23.2. The second kappa shape index (κ2) is 4.23. The zero-order valence-electron chi connectivity index (χ0n) is 9.56. The quantitative estimate of drug-likeness (QED) is 0.743. The molecule has 0 radical (unpaired) electrons. The summed E-state index contributed by atoms with van der Waals surface area (Å²) in [7, 11) is 0. The Morgan fingerprint density at radius 2 is 1.94 bits per heavy atom. The van der Waals surface area contributed by atoms with Gasteiger partial charge in [-0.15, -0.1) is 0 Å². The third-order valence-electron chi connectivity index (χ3n) is 3.38. The Bertz CT molecular complexity index is 397. The summed E-state index contributed by atoms with van der Waals surface area (Å²) in [5, 5.41) is 0. The van der Waals surface area contributed by atoms with E-state index in [0.717, 1.165) is 12.8 Å². The molecule has 5 heteroatoms. The van der Waals surface area contributed by atoms with Crippen molar-refractivity contribution in [2.24, 2.45) is 0 Å². The molecule has 2 fully saturated rings. The van der Waals surface area contributed by atoms with Crippen molar-refractivity contribution < 1.29 is 13.9 Å². The smallest absolute Gasteiger partial charge is 0.171 e. The van der Waals surface area contributed by atoms with Crippen LogP contribution < -0.4 is 4.90 Å². The lowest BCUT2D eigenvalue weighted by Crippen LogP contribution is -2.45. The van der Waals surface area contributed by atoms with Crippen LogP contribution in [-0.2, 0) is 9.47 Å². The van der Waals surface area contributed by atoms with E-state index in [2.05, 4.69) is 4.98 Å². The van der Waals surface area contributed by atoms with Gasteiger partial charge in [0.05, 0.1) is 13.2 Å². The van der Waals surface area contributed by atoms with E-state index in [-0.39, 0.29) is 5.82 Å². The van der Waals surface area contributed by atoms with Crippen LogP contribution in [0.4, 0.5) is 10.2 Å². The van der Waals surface area contributed by atoms with Crippen molar-refractivity contribution in [1.82, 2.24) is 4.98 Å². The molecule has 1 aromatic heterocycles. The molecule has 3 heterocycles. The van der Waals surface area contributed by atoms with E-state index in [1.807, 2.05) is 4.90 Å². The summed E-state index contributed by atoms with van der Waals surface area (Å²) >= 11 is 0. The fraction of sp³-hybridized carbons (Fsp3) is 0.583. The maximum Gasteiger partial charge on any atom is 0.171 e. The summed E-state index contributed by atoms with van der Waals surface area (Å²) in [6.07, 6.45) is 3.15. The summed E-state index contributed by atoms with van der Waals surface area (Å²) < 4.78 is 24.8. The van der Waals surface area contributed by atoms with Gasteiger partial charge in [-0.2, -0.15) is 0 Å². The van der Waals surface area contributed by atoms with Gasteiger partial charge in [0.2, 0.25) is 0 Å². The number of ether oxygens (including phenoxy) is 2. The largest absolute Gasteiger partial charge is 0.354 e. The topological polar surface area (TPSA) is 34.6 Å². The third-order valence-corrected chi connectivity index (χ3v) is 3.38. The van der Waals surface area contributed by atoms with Crippen LogP contribution in [0.25, 0.3) is 0 Å². The zero-order valence-corrected chi connectivity index (χ0v) is 9.56. The molecule has 0 aromatic carbocycles. The van der Waals surface area contributed by atoms with Gasteiger partial charge in [0.1, 0.15) is 0 Å². The minimum atomic E-state index is -0.415. The predicted molar refractivity (Wildman–Crippen MR) is 60.3 cm³/mol. The van der Waals surface area contributed by atoms with Crippen LogP contribution in [0, 0.1) is 5.82 Å². The molecule has 2 aliphatic heterocycles. The number of piperidine rings is 1. The predicted octanol–water partition coefficient (Wildman–Crippen LogP) is 1.56. The van der Waals surface area contributed by atoms with Gasteiger partial charge >= 0.3 is 0 Å². The molecule has 17 heavy (non-hydrogen) atoms. The number of rotatable bonds is 1. The van der Waals surface area contributed by atoms with E-state index in [4.69, 9.17) is 9.47 Å². The first-order valence-electron chi connectivity index (χ1n) is 5.92. The molecule has 0 amide bonds. The lowest BCUT2D eigenvalue weighted by molar-refractivity contribution is -0.169. The number of hydrogen-bond donors (Lipinski definition) is 0. The van der Waals surface area contributed by atoms with Crippen LogP contribution in [0.5, 0.6) is 0 Å². The first kappa shape index (κ1) is 10.9. The van der Waals surface area contributed by atoms with Crippen LogP contribution in [0.15, 0.2) is 18.3 Å². The summed E-state index contributed by atoms with van der Waals surface area (Å²) in [5.74, 6) is -0.251. The Hall–Kier alpha value is -1.20. The number of nitrogens with zero attached hydrogens (tertiary/aromatic N) is 2. The number of halogens is 1. The van der Waals surface area contributed by atoms with Gasteiger partial charge < -0.3 is 14.4 Å². The van der Waals surface area contributed by atoms with E-state index < -0.39 is 5.79 Å². The highest BCUT2D eigenvalue weighted by molar-refractivity contribution is 5.40. The van der Waals surface area contributed by atoms with E-state index in [1.54, 1.807) is 12.3 Å². The van der Waals surface area contributed by atoms with Crippen molar-refractivity contribution in [1.29, 1.82) is 0 Å². The molecule has 0 bridgehead atoms. The van der Waals surface area contributed by atoms with Gasteiger partial charge in [0.25, 0.3) is 0 Å². The Kier molecular flexibility index (Phi) is 2.72. The maximum absolute atomic E-state index is 13.6. The summed E-state index contributed by atoms with van der Waals surface area (Å²) in [5.41, 5.74) is 0. The fourth-order valence-corrected chi connectivity index (χ4v) is 2.45. The fourth-order valence-electron chi connectivity index (χ4n) is 2.45. The van der Waals surface area contributed by atoms with Crippen LogP contribution in [0.1, 0.15) is 12.8 Å². The average molecular weight is 238 g/mol. The van der Waals surface area contributed by atoms with E-state index in [1.165, 1.54) is 6.07 Å². The number of aromatic nitrogens is 1. The molecular weight excluding hydrogens is 223 g/mol. The molecule has 92 valence electrons. The summed E-state index contributed by atoms with van der Waals surface area (Å²) in [6, 6.07) is 3.04. The highest BCUT2D eigenvalue weighted by Gasteiger charge is 2.40. The second-order valence-corrected chi connectivity index (χ2v) is 4.40. The third kappa shape index (κ3) is 2.00. The molecule has 0 unspecified atom stereocenters. The van der Waals surface area contributed by atoms with Crippen molar-refractivity contribution in [2.45, 2.75) is 18.6 Å². The van der Waals surface area contributed by atoms with Crippen molar-refractivity contribution in [3.8, 4) is 0 Å². The summed E-state index contributed by atoms with van der Waals surface area (Å²) in [6.45, 7) is 2.76. The van der Waals surface area contributed by atoms with Gasteiger partial charge in [-0.3, -0.25) is 0 Å². The number of anilines is 1. The van der Waals surface area contributed by atoms with Crippen LogP contribution in [-0.4, -0.2) is 37.1 Å². The Balaban J connectivity index is 1.71. The lowest BCUT2D eigenvalue weighted by Gasteiger charge is -2.38. The molecular formula is C12H15FN2O2. The molecule has 0 atom stereocenters.